The van der Waals surface area contributed by atoms with Gasteiger partial charge in [-0.3, -0.25) is 14.9 Å². The van der Waals surface area contributed by atoms with Gasteiger partial charge < -0.3 is 10.6 Å². The van der Waals surface area contributed by atoms with Gasteiger partial charge in [0.2, 0.25) is 15.9 Å². The summed E-state index contributed by atoms with van der Waals surface area (Å²) in [7, 11) is -3.91. The van der Waals surface area contributed by atoms with Gasteiger partial charge in [0.25, 0.3) is 5.69 Å². The number of hydrogen-bond donors (Lipinski definition) is 2. The van der Waals surface area contributed by atoms with Gasteiger partial charge in [-0.25, -0.2) is 8.42 Å². The Balaban J connectivity index is 1.78. The van der Waals surface area contributed by atoms with Gasteiger partial charge in [0.1, 0.15) is 6.04 Å². The lowest BCUT2D eigenvalue weighted by Crippen LogP contribution is -2.55. The predicted octanol–water partition coefficient (Wildman–Crippen LogP) is 1.01. The van der Waals surface area contributed by atoms with Crippen LogP contribution in [-0.4, -0.2) is 55.3 Å². The molecule has 0 aliphatic carbocycles. The molecule has 0 saturated carbocycles. The van der Waals surface area contributed by atoms with Gasteiger partial charge >= 0.3 is 0 Å². The van der Waals surface area contributed by atoms with Gasteiger partial charge in [-0.05, 0) is 44.4 Å². The van der Waals surface area contributed by atoms with Gasteiger partial charge in [-0.1, -0.05) is 6.42 Å². The second-order valence-electron chi connectivity index (χ2n) is 6.93. The summed E-state index contributed by atoms with van der Waals surface area (Å²) < 4.78 is 27.3. The van der Waals surface area contributed by atoms with E-state index in [0.717, 1.165) is 25.8 Å². The van der Waals surface area contributed by atoms with E-state index in [4.69, 9.17) is 0 Å². The average Bonchev–Trinajstić information content (AvgIpc) is 2.69. The number of piperidine rings is 2. The van der Waals surface area contributed by atoms with E-state index in [9.17, 15) is 23.3 Å². The highest BCUT2D eigenvalue weighted by Crippen LogP contribution is 2.27. The predicted molar refractivity (Wildman–Crippen MR) is 98.7 cm³/mol. The number of benzene rings is 1. The maximum atomic E-state index is 13.0. The molecule has 27 heavy (non-hydrogen) atoms. The Morgan fingerprint density at radius 2 is 1.93 bits per heavy atom. The molecule has 2 heterocycles. The number of nitro groups is 1. The zero-order valence-electron chi connectivity index (χ0n) is 15.0. The molecule has 10 heteroatoms. The molecule has 0 aromatic heterocycles. The first-order chi connectivity index (χ1) is 12.9. The van der Waals surface area contributed by atoms with E-state index < -0.39 is 21.0 Å². The summed E-state index contributed by atoms with van der Waals surface area (Å²) in [6.45, 7) is 1.88. The van der Waals surface area contributed by atoms with Crippen molar-refractivity contribution >= 4 is 21.6 Å². The number of amides is 1. The molecule has 1 amide bonds. The van der Waals surface area contributed by atoms with Crippen molar-refractivity contribution in [2.24, 2.45) is 0 Å². The van der Waals surface area contributed by atoms with Gasteiger partial charge in [0.05, 0.1) is 9.82 Å². The Morgan fingerprint density at radius 3 is 2.56 bits per heavy atom. The molecule has 2 N–H and O–H groups in total. The summed E-state index contributed by atoms with van der Waals surface area (Å²) in [5.41, 5.74) is -0.174. The highest BCUT2D eigenvalue weighted by molar-refractivity contribution is 7.89. The van der Waals surface area contributed by atoms with Crippen LogP contribution in [0.15, 0.2) is 29.2 Å². The number of rotatable bonds is 5. The van der Waals surface area contributed by atoms with Crippen LogP contribution in [0.1, 0.15) is 32.1 Å². The van der Waals surface area contributed by atoms with Crippen molar-refractivity contribution < 1.29 is 18.1 Å². The van der Waals surface area contributed by atoms with E-state index in [1.165, 1.54) is 28.6 Å². The highest BCUT2D eigenvalue weighted by atomic mass is 32.2. The SMILES string of the molecule is O=C(N[C@H]1CCCNC1)C1CCCCN1S(=O)(=O)c1ccc([N+](=O)[O-])cc1. The molecule has 2 aliphatic heterocycles. The number of non-ortho nitro benzene ring substituents is 1. The summed E-state index contributed by atoms with van der Waals surface area (Å²) in [6, 6.07) is 4.04. The average molecular weight is 396 g/mol. The molecule has 1 aromatic carbocycles. The molecule has 2 fully saturated rings. The van der Waals surface area contributed by atoms with E-state index in [-0.39, 0.29) is 29.1 Å². The first-order valence-electron chi connectivity index (χ1n) is 9.17. The molecular weight excluding hydrogens is 372 g/mol. The van der Waals surface area contributed by atoms with E-state index in [1.807, 2.05) is 0 Å². The summed E-state index contributed by atoms with van der Waals surface area (Å²) in [6.07, 6.45) is 3.79. The van der Waals surface area contributed by atoms with Crippen LogP contribution >= 0.6 is 0 Å². The van der Waals surface area contributed by atoms with Crippen molar-refractivity contribution in [3.8, 4) is 0 Å². The summed E-state index contributed by atoms with van der Waals surface area (Å²) >= 11 is 0. The molecule has 3 rings (SSSR count). The minimum absolute atomic E-state index is 0.0112. The lowest BCUT2D eigenvalue weighted by Gasteiger charge is -2.35. The number of carbonyl (C=O) groups is 1. The molecule has 0 bridgehead atoms. The van der Waals surface area contributed by atoms with Crippen molar-refractivity contribution in [1.82, 2.24) is 14.9 Å². The number of hydrogen-bond acceptors (Lipinski definition) is 6. The summed E-state index contributed by atoms with van der Waals surface area (Å²) in [5, 5.41) is 17.0. The minimum Gasteiger partial charge on any atom is -0.351 e. The van der Waals surface area contributed by atoms with Gasteiger partial charge in [0.15, 0.2) is 0 Å². The Hall–Kier alpha value is -2.04. The van der Waals surface area contributed by atoms with Crippen LogP contribution in [0.2, 0.25) is 0 Å². The third-order valence-electron chi connectivity index (χ3n) is 5.05. The van der Waals surface area contributed by atoms with Crippen LogP contribution in [0.5, 0.6) is 0 Å². The molecule has 148 valence electrons. The van der Waals surface area contributed by atoms with E-state index >= 15 is 0 Å². The third-order valence-corrected chi connectivity index (χ3v) is 6.98. The fourth-order valence-electron chi connectivity index (χ4n) is 3.60. The Morgan fingerprint density at radius 1 is 1.19 bits per heavy atom. The summed E-state index contributed by atoms with van der Waals surface area (Å²) in [5.74, 6) is -0.270. The quantitative estimate of drug-likeness (QED) is 0.566. The number of nitrogens with one attached hydrogen (secondary N) is 2. The number of nitro benzene ring substituents is 1. The first kappa shape index (κ1) is 19.7. The lowest BCUT2D eigenvalue weighted by atomic mass is 10.0. The largest absolute Gasteiger partial charge is 0.351 e. The van der Waals surface area contributed by atoms with E-state index in [2.05, 4.69) is 10.6 Å². The van der Waals surface area contributed by atoms with Crippen molar-refractivity contribution in [3.05, 3.63) is 34.4 Å². The smallest absolute Gasteiger partial charge is 0.269 e. The van der Waals surface area contributed by atoms with Crippen LogP contribution < -0.4 is 10.6 Å². The molecule has 0 spiro atoms. The highest BCUT2D eigenvalue weighted by Gasteiger charge is 2.38. The number of sulfonamides is 1. The van der Waals surface area contributed by atoms with Crippen LogP contribution in [0.25, 0.3) is 0 Å². The Bertz CT molecular complexity index is 790. The van der Waals surface area contributed by atoms with Crippen molar-refractivity contribution in [2.45, 2.75) is 49.1 Å². The molecule has 2 aliphatic rings. The standard InChI is InChI=1S/C17H24N4O5S/c22-17(19-13-4-3-10-18-12-13)16-5-1-2-11-20(16)27(25,26)15-8-6-14(7-9-15)21(23)24/h6-9,13,16,18H,1-5,10-12H2,(H,19,22)/t13-,16?/m0/s1. The van der Waals surface area contributed by atoms with Gasteiger partial charge in [-0.15, -0.1) is 0 Å². The van der Waals surface area contributed by atoms with Gasteiger partial charge in [0, 0.05) is 31.3 Å². The molecule has 2 saturated heterocycles. The van der Waals surface area contributed by atoms with Crippen LogP contribution in [0.3, 0.4) is 0 Å². The molecule has 2 atom stereocenters. The molecular formula is C17H24N4O5S. The fourth-order valence-corrected chi connectivity index (χ4v) is 5.26. The Labute approximate surface area is 158 Å². The molecule has 1 aromatic rings. The van der Waals surface area contributed by atoms with Crippen molar-refractivity contribution in [2.75, 3.05) is 19.6 Å². The minimum atomic E-state index is -3.91. The number of carbonyl (C=O) groups excluding carboxylic acids is 1. The zero-order valence-corrected chi connectivity index (χ0v) is 15.8. The topological polar surface area (TPSA) is 122 Å². The van der Waals surface area contributed by atoms with Crippen molar-refractivity contribution in [3.63, 3.8) is 0 Å². The summed E-state index contributed by atoms with van der Waals surface area (Å²) in [4.78, 5) is 22.9. The monoisotopic (exact) mass is 396 g/mol. The van der Waals surface area contributed by atoms with E-state index in [1.54, 1.807) is 0 Å². The fraction of sp³-hybridized carbons (Fsp3) is 0.588. The van der Waals surface area contributed by atoms with Gasteiger partial charge in [-0.2, -0.15) is 4.31 Å². The number of nitrogens with zero attached hydrogens (tertiary/aromatic N) is 2. The second kappa shape index (κ2) is 8.32. The first-order valence-corrected chi connectivity index (χ1v) is 10.6. The van der Waals surface area contributed by atoms with Crippen LogP contribution in [0, 0.1) is 10.1 Å². The maximum absolute atomic E-state index is 13.0. The zero-order chi connectivity index (χ0) is 19.4. The van der Waals surface area contributed by atoms with E-state index in [0.29, 0.717) is 19.4 Å². The third kappa shape index (κ3) is 4.45. The molecule has 0 radical (unpaired) electrons. The molecule has 9 nitrogen and oxygen atoms in total. The van der Waals surface area contributed by atoms with Crippen LogP contribution in [0.4, 0.5) is 5.69 Å². The maximum Gasteiger partial charge on any atom is 0.269 e. The van der Waals surface area contributed by atoms with Crippen LogP contribution in [-0.2, 0) is 14.8 Å². The molecule has 1 unspecified atom stereocenters. The van der Waals surface area contributed by atoms with Crippen molar-refractivity contribution in [1.29, 1.82) is 0 Å². The lowest BCUT2D eigenvalue weighted by molar-refractivity contribution is -0.384. The second-order valence-corrected chi connectivity index (χ2v) is 8.82. The Kier molecular flexibility index (Phi) is 6.08. The normalized spacial score (nSPS) is 24.3.